The van der Waals surface area contributed by atoms with E-state index in [0.717, 1.165) is 44.5 Å². The Balaban J connectivity index is 1.30. The van der Waals surface area contributed by atoms with Gasteiger partial charge in [0.2, 0.25) is 5.95 Å². The summed E-state index contributed by atoms with van der Waals surface area (Å²) in [5, 5.41) is 1.08. The van der Waals surface area contributed by atoms with Gasteiger partial charge in [0.05, 0.1) is 16.5 Å². The molecule has 2 heterocycles. The van der Waals surface area contributed by atoms with E-state index in [1.807, 2.05) is 115 Å². The van der Waals surface area contributed by atoms with Gasteiger partial charge in [-0.05, 0) is 51.6 Å². The van der Waals surface area contributed by atoms with E-state index in [1.54, 1.807) is 4.57 Å². The summed E-state index contributed by atoms with van der Waals surface area (Å²) in [6.07, 6.45) is 0. The van der Waals surface area contributed by atoms with Crippen LogP contribution in [0.5, 0.6) is 0 Å². The highest BCUT2D eigenvalue weighted by Gasteiger charge is 2.18. The molecule has 2 aromatic heterocycles. The molecule has 0 saturated carbocycles. The zero-order valence-electron chi connectivity index (χ0n) is 30.3. The van der Waals surface area contributed by atoms with Crippen molar-refractivity contribution in [1.82, 2.24) is 19.5 Å². The minimum atomic E-state index is -0.323. The Kier molecular flexibility index (Phi) is 6.09. The van der Waals surface area contributed by atoms with Gasteiger partial charge >= 0.3 is 0 Å². The van der Waals surface area contributed by atoms with Crippen LogP contribution in [0, 0.1) is 0 Å². The Bertz CT molecular complexity index is 2800. The third-order valence-corrected chi connectivity index (χ3v) is 8.81. The summed E-state index contributed by atoms with van der Waals surface area (Å²) in [4.78, 5) is 15.0. The number of rotatable bonds is 6. The summed E-state index contributed by atoms with van der Waals surface area (Å²) in [7, 11) is 0. The Morgan fingerprint density at radius 1 is 0.367 bits per heavy atom. The minimum Gasteiger partial charge on any atom is -0.278 e. The molecule has 230 valence electrons. The highest BCUT2D eigenvalue weighted by molar-refractivity contribution is 6.10. The van der Waals surface area contributed by atoms with E-state index in [0.29, 0.717) is 33.5 Å². The second kappa shape index (κ2) is 12.2. The van der Waals surface area contributed by atoms with Crippen LogP contribution >= 0.6 is 0 Å². The van der Waals surface area contributed by atoms with Crippen LogP contribution < -0.4 is 0 Å². The molecule has 0 atom stereocenters. The monoisotopic (exact) mass is 630 g/mol. The van der Waals surface area contributed by atoms with Gasteiger partial charge in [-0.3, -0.25) is 4.57 Å². The van der Waals surface area contributed by atoms with Crippen molar-refractivity contribution in [3.63, 3.8) is 0 Å². The van der Waals surface area contributed by atoms with Crippen molar-refractivity contribution in [3.05, 3.63) is 182 Å². The fourth-order valence-electron chi connectivity index (χ4n) is 6.37. The molecular weight excluding hydrogens is 597 g/mol. The molecule has 0 aliphatic rings. The van der Waals surface area contributed by atoms with Gasteiger partial charge in [0.25, 0.3) is 0 Å². The van der Waals surface area contributed by atoms with Crippen molar-refractivity contribution < 1.29 is 5.48 Å². The summed E-state index contributed by atoms with van der Waals surface area (Å²) in [5.74, 6) is 1.14. The number of benzene rings is 7. The van der Waals surface area contributed by atoms with Crippen LogP contribution in [0.3, 0.4) is 0 Å². The first-order chi connectivity index (χ1) is 25.9. The molecule has 0 unspecified atom stereocenters. The lowest BCUT2D eigenvalue weighted by molar-refractivity contribution is 0.953. The Morgan fingerprint density at radius 2 is 0.837 bits per heavy atom. The van der Waals surface area contributed by atoms with Gasteiger partial charge < -0.3 is 0 Å². The molecule has 0 saturated heterocycles. The lowest BCUT2D eigenvalue weighted by Gasteiger charge is -2.12. The molecule has 9 rings (SSSR count). The number of para-hydroxylation sites is 1. The van der Waals surface area contributed by atoms with Gasteiger partial charge in [-0.15, -0.1) is 0 Å². The van der Waals surface area contributed by atoms with E-state index < -0.39 is 0 Å². The van der Waals surface area contributed by atoms with Gasteiger partial charge in [-0.25, -0.2) is 4.98 Å². The first-order valence-corrected chi connectivity index (χ1v) is 16.1. The number of hydrogen-bond donors (Lipinski definition) is 0. The van der Waals surface area contributed by atoms with E-state index in [1.165, 1.54) is 0 Å². The highest BCUT2D eigenvalue weighted by Crippen LogP contribution is 2.36. The summed E-state index contributed by atoms with van der Waals surface area (Å²) >= 11 is 0. The van der Waals surface area contributed by atoms with Gasteiger partial charge in [0, 0.05) is 21.9 Å². The quantitative estimate of drug-likeness (QED) is 0.184. The summed E-state index contributed by atoms with van der Waals surface area (Å²) in [6, 6.07) is 51.5. The smallest absolute Gasteiger partial charge is 0.238 e. The molecule has 4 nitrogen and oxygen atoms in total. The van der Waals surface area contributed by atoms with Crippen molar-refractivity contribution in [2.45, 2.75) is 0 Å². The van der Waals surface area contributed by atoms with Crippen LogP contribution in [0.25, 0.3) is 83.9 Å². The zero-order valence-corrected chi connectivity index (χ0v) is 26.3. The van der Waals surface area contributed by atoms with Crippen LogP contribution in [0.15, 0.2) is 182 Å². The van der Waals surface area contributed by atoms with E-state index >= 15 is 0 Å². The molecule has 0 radical (unpaired) electrons. The number of nitrogens with zero attached hydrogens (tertiary/aromatic N) is 4. The van der Waals surface area contributed by atoms with Gasteiger partial charge in [-0.2, -0.15) is 9.97 Å². The molecule has 0 N–H and O–H groups in total. The predicted octanol–water partition coefficient (Wildman–Crippen LogP) is 11.3. The fraction of sp³-hybridized carbons (Fsp3) is 0. The molecule has 0 spiro atoms. The second-order valence-electron chi connectivity index (χ2n) is 11.8. The standard InChI is InChI=1S/C45H30N4/c1-4-13-31(14-5-1)33-23-25-35(26-24-33)44-46-43(34-17-8-3-9-18-34)47-45(48-44)49-41-22-11-10-21-39(41)40-28-27-38(30-42(40)49)37-20-12-19-36(29-37)32-15-6-2-7-16-32/h1-30H/i10D,11D,21D,22D. The lowest BCUT2D eigenvalue weighted by Crippen LogP contribution is -2.06. The van der Waals surface area contributed by atoms with Crippen LogP contribution in [-0.2, 0) is 0 Å². The van der Waals surface area contributed by atoms with Crippen LogP contribution in [-0.4, -0.2) is 19.5 Å². The first kappa shape index (κ1) is 24.5. The van der Waals surface area contributed by atoms with Crippen molar-refractivity contribution in [2.75, 3.05) is 0 Å². The van der Waals surface area contributed by atoms with Crippen LogP contribution in [0.2, 0.25) is 0 Å². The molecule has 49 heavy (non-hydrogen) atoms. The van der Waals surface area contributed by atoms with Gasteiger partial charge in [0.1, 0.15) is 0 Å². The molecule has 0 aliphatic heterocycles. The average Bonchev–Trinajstić information content (AvgIpc) is 3.58. The molecule has 4 heteroatoms. The lowest BCUT2D eigenvalue weighted by atomic mass is 9.98. The van der Waals surface area contributed by atoms with Crippen LogP contribution in [0.1, 0.15) is 5.48 Å². The SMILES string of the molecule is [2H]c1c([2H])c([2H])c2c(c1[2H])c1ccc(-c3cccc(-c4ccccc4)c3)cc1n2-c1nc(-c2ccccc2)nc(-c2ccc(-c3ccccc3)cc2)n1. The molecule has 0 aliphatic carbocycles. The summed E-state index contributed by atoms with van der Waals surface area (Å²) in [5.41, 5.74) is 8.80. The predicted molar refractivity (Wildman–Crippen MR) is 201 cm³/mol. The largest absolute Gasteiger partial charge is 0.278 e. The zero-order chi connectivity index (χ0) is 36.1. The minimum absolute atomic E-state index is 0.113. The van der Waals surface area contributed by atoms with Crippen molar-refractivity contribution >= 4 is 21.8 Å². The molecular formula is C45H30N4. The Hall–Kier alpha value is -6.65. The Labute approximate surface area is 290 Å². The number of hydrogen-bond acceptors (Lipinski definition) is 3. The summed E-state index contributed by atoms with van der Waals surface area (Å²) in [6.45, 7) is 0. The summed E-state index contributed by atoms with van der Waals surface area (Å²) < 4.78 is 37.2. The van der Waals surface area contributed by atoms with E-state index in [9.17, 15) is 0 Å². The topological polar surface area (TPSA) is 43.6 Å². The molecule has 9 aromatic rings. The number of fused-ring (bicyclic) bond motifs is 3. The number of aromatic nitrogens is 4. The maximum atomic E-state index is 9.15. The van der Waals surface area contributed by atoms with E-state index in [4.69, 9.17) is 20.4 Å². The Morgan fingerprint density at radius 3 is 1.51 bits per heavy atom. The normalized spacial score (nSPS) is 12.4. The van der Waals surface area contributed by atoms with Crippen molar-refractivity contribution in [1.29, 1.82) is 0 Å². The maximum Gasteiger partial charge on any atom is 0.238 e. The van der Waals surface area contributed by atoms with Crippen molar-refractivity contribution in [3.8, 4) is 62.1 Å². The fourth-order valence-corrected chi connectivity index (χ4v) is 6.37. The second-order valence-corrected chi connectivity index (χ2v) is 11.8. The highest BCUT2D eigenvalue weighted by atomic mass is 15.2. The van der Waals surface area contributed by atoms with Crippen molar-refractivity contribution in [2.24, 2.45) is 0 Å². The molecule has 0 amide bonds. The molecule has 0 bridgehead atoms. The van der Waals surface area contributed by atoms with E-state index in [2.05, 4.69) is 42.5 Å². The van der Waals surface area contributed by atoms with Gasteiger partial charge in [0.15, 0.2) is 11.6 Å². The average molecular weight is 631 g/mol. The molecule has 0 fully saturated rings. The van der Waals surface area contributed by atoms with E-state index in [-0.39, 0.29) is 30.1 Å². The third kappa shape index (κ3) is 5.35. The van der Waals surface area contributed by atoms with Gasteiger partial charge in [-0.1, -0.05) is 164 Å². The van der Waals surface area contributed by atoms with Crippen LogP contribution in [0.4, 0.5) is 0 Å². The molecule has 7 aromatic carbocycles. The third-order valence-electron chi connectivity index (χ3n) is 8.81. The maximum absolute atomic E-state index is 9.15. The first-order valence-electron chi connectivity index (χ1n) is 18.1.